The minimum absolute atomic E-state index is 0.115. The first kappa shape index (κ1) is 11.1. The van der Waals surface area contributed by atoms with Crippen LogP contribution < -0.4 is 10.5 Å². The Hall–Kier alpha value is -2.43. The van der Waals surface area contributed by atoms with E-state index in [1.165, 1.54) is 6.92 Å². The highest BCUT2D eigenvalue weighted by atomic mass is 16.5. The lowest BCUT2D eigenvalue weighted by molar-refractivity contribution is 0.101. The van der Waals surface area contributed by atoms with Gasteiger partial charge in [0.2, 0.25) is 5.88 Å². The molecule has 0 fully saturated rings. The van der Waals surface area contributed by atoms with Gasteiger partial charge < -0.3 is 10.5 Å². The molecule has 0 aliphatic heterocycles. The smallest absolute Gasteiger partial charge is 0.238 e. The quantitative estimate of drug-likeness (QED) is 0.643. The summed E-state index contributed by atoms with van der Waals surface area (Å²) in [6.07, 6.45) is 1.54. The van der Waals surface area contributed by atoms with Gasteiger partial charge in [0.1, 0.15) is 5.75 Å². The molecule has 0 saturated heterocycles. The highest BCUT2D eigenvalue weighted by molar-refractivity contribution is 5.97. The highest BCUT2D eigenvalue weighted by Crippen LogP contribution is 2.25. The van der Waals surface area contributed by atoms with E-state index in [2.05, 4.69) is 10.2 Å². The van der Waals surface area contributed by atoms with Crippen LogP contribution in [0.1, 0.15) is 17.3 Å². The minimum atomic E-state index is -0.115. The minimum Gasteiger partial charge on any atom is -0.437 e. The van der Waals surface area contributed by atoms with E-state index in [4.69, 9.17) is 10.5 Å². The summed E-state index contributed by atoms with van der Waals surface area (Å²) in [6.45, 7) is 1.46. The fourth-order valence-electron chi connectivity index (χ4n) is 1.37. The van der Waals surface area contributed by atoms with Crippen molar-refractivity contribution in [2.45, 2.75) is 6.92 Å². The topological polar surface area (TPSA) is 78.1 Å². The van der Waals surface area contributed by atoms with E-state index in [0.29, 0.717) is 22.9 Å². The molecule has 1 heterocycles. The summed E-state index contributed by atoms with van der Waals surface area (Å²) in [5.74, 6) is 0.642. The van der Waals surface area contributed by atoms with Gasteiger partial charge in [0.25, 0.3) is 0 Å². The number of nitrogen functional groups attached to an aromatic ring is 1. The van der Waals surface area contributed by atoms with Crippen LogP contribution in [0, 0.1) is 0 Å². The van der Waals surface area contributed by atoms with E-state index < -0.39 is 0 Å². The molecule has 2 N–H and O–H groups in total. The van der Waals surface area contributed by atoms with Gasteiger partial charge in [0.05, 0.1) is 5.56 Å². The lowest BCUT2D eigenvalue weighted by Crippen LogP contribution is -2.00. The van der Waals surface area contributed by atoms with Crippen LogP contribution >= 0.6 is 0 Å². The molecule has 0 atom stereocenters. The highest BCUT2D eigenvalue weighted by Gasteiger charge is 2.10. The number of nitrogens with zero attached hydrogens (tertiary/aromatic N) is 2. The van der Waals surface area contributed by atoms with Crippen molar-refractivity contribution in [1.29, 1.82) is 0 Å². The number of ketones is 1. The number of benzene rings is 1. The Kier molecular flexibility index (Phi) is 3.00. The van der Waals surface area contributed by atoms with Gasteiger partial charge >= 0.3 is 0 Å². The number of anilines is 1. The van der Waals surface area contributed by atoms with Crippen molar-refractivity contribution in [3.63, 3.8) is 0 Å². The molecule has 0 aliphatic carbocycles. The number of hydrogen-bond donors (Lipinski definition) is 1. The summed E-state index contributed by atoms with van der Waals surface area (Å²) in [5, 5.41) is 7.47. The van der Waals surface area contributed by atoms with E-state index in [9.17, 15) is 4.79 Å². The van der Waals surface area contributed by atoms with Crippen LogP contribution in [-0.4, -0.2) is 16.0 Å². The van der Waals surface area contributed by atoms with Gasteiger partial charge in [-0.3, -0.25) is 4.79 Å². The van der Waals surface area contributed by atoms with Gasteiger partial charge in [-0.15, -0.1) is 5.10 Å². The molecule has 0 bridgehead atoms. The zero-order valence-electron chi connectivity index (χ0n) is 9.25. The zero-order valence-corrected chi connectivity index (χ0v) is 9.25. The fraction of sp³-hybridized carbons (Fsp3) is 0.0833. The average molecular weight is 229 g/mol. The lowest BCUT2D eigenvalue weighted by Gasteiger charge is -2.08. The Morgan fingerprint density at radius 3 is 2.82 bits per heavy atom. The molecular weight excluding hydrogens is 218 g/mol. The molecule has 1 aromatic heterocycles. The molecule has 5 nitrogen and oxygen atoms in total. The van der Waals surface area contributed by atoms with Gasteiger partial charge in [0.15, 0.2) is 5.78 Å². The van der Waals surface area contributed by atoms with Gasteiger partial charge in [-0.05, 0) is 31.2 Å². The maximum Gasteiger partial charge on any atom is 0.238 e. The van der Waals surface area contributed by atoms with Crippen LogP contribution in [0.3, 0.4) is 0 Å². The molecule has 0 aliphatic rings. The lowest BCUT2D eigenvalue weighted by atomic mass is 10.1. The summed E-state index contributed by atoms with van der Waals surface area (Å²) in [4.78, 5) is 11.4. The van der Waals surface area contributed by atoms with Crippen LogP contribution in [0.15, 0.2) is 36.5 Å². The van der Waals surface area contributed by atoms with Crippen LogP contribution in [0.2, 0.25) is 0 Å². The number of carbonyl (C=O) groups is 1. The van der Waals surface area contributed by atoms with Crippen molar-refractivity contribution >= 4 is 11.5 Å². The molecule has 0 unspecified atom stereocenters. The molecule has 86 valence electrons. The number of hydrogen-bond acceptors (Lipinski definition) is 5. The SMILES string of the molecule is CC(=O)c1cc(N)ccc1Oc1cccnn1. The molecule has 2 rings (SSSR count). The molecular formula is C12H11N3O2. The Morgan fingerprint density at radius 2 is 2.18 bits per heavy atom. The molecule has 0 radical (unpaired) electrons. The second-order valence-electron chi connectivity index (χ2n) is 3.48. The monoisotopic (exact) mass is 229 g/mol. The van der Waals surface area contributed by atoms with E-state index in [0.717, 1.165) is 0 Å². The van der Waals surface area contributed by atoms with Crippen molar-refractivity contribution in [2.24, 2.45) is 0 Å². The first-order chi connectivity index (χ1) is 8.16. The average Bonchev–Trinajstić information content (AvgIpc) is 2.32. The van der Waals surface area contributed by atoms with Crippen molar-refractivity contribution in [3.8, 4) is 11.6 Å². The number of aromatic nitrogens is 2. The maximum atomic E-state index is 11.4. The third-order valence-electron chi connectivity index (χ3n) is 2.15. The molecule has 0 spiro atoms. The second-order valence-corrected chi connectivity index (χ2v) is 3.48. The summed E-state index contributed by atoms with van der Waals surface area (Å²) in [7, 11) is 0. The standard InChI is InChI=1S/C12H11N3O2/c1-8(16)10-7-9(13)4-5-11(10)17-12-3-2-6-14-15-12/h2-7H,13H2,1H3. The van der Waals surface area contributed by atoms with E-state index in [1.807, 2.05) is 0 Å². The predicted molar refractivity (Wildman–Crippen MR) is 63.0 cm³/mol. The largest absolute Gasteiger partial charge is 0.437 e. The Morgan fingerprint density at radius 1 is 1.35 bits per heavy atom. The van der Waals surface area contributed by atoms with Crippen LogP contribution in [0.25, 0.3) is 0 Å². The molecule has 0 amide bonds. The first-order valence-corrected chi connectivity index (χ1v) is 5.03. The Labute approximate surface area is 98.2 Å². The number of carbonyl (C=O) groups excluding carboxylic acids is 1. The normalized spacial score (nSPS) is 9.94. The third kappa shape index (κ3) is 2.57. The summed E-state index contributed by atoms with van der Waals surface area (Å²) in [5.41, 5.74) is 6.56. The molecule has 0 saturated carbocycles. The van der Waals surface area contributed by atoms with Crippen molar-refractivity contribution in [1.82, 2.24) is 10.2 Å². The Balaban J connectivity index is 2.36. The zero-order chi connectivity index (χ0) is 12.3. The summed E-state index contributed by atoms with van der Waals surface area (Å²) >= 11 is 0. The van der Waals surface area contributed by atoms with E-state index in [1.54, 1.807) is 36.5 Å². The van der Waals surface area contributed by atoms with Crippen LogP contribution in [0.4, 0.5) is 5.69 Å². The van der Waals surface area contributed by atoms with Crippen molar-refractivity contribution in [2.75, 3.05) is 5.73 Å². The van der Waals surface area contributed by atoms with Crippen LogP contribution in [-0.2, 0) is 0 Å². The number of nitrogens with two attached hydrogens (primary N) is 1. The summed E-state index contributed by atoms with van der Waals surface area (Å²) in [6, 6.07) is 8.24. The second kappa shape index (κ2) is 4.61. The predicted octanol–water partition coefficient (Wildman–Crippen LogP) is 2.05. The van der Waals surface area contributed by atoms with Gasteiger partial charge in [-0.2, -0.15) is 5.10 Å². The first-order valence-electron chi connectivity index (χ1n) is 5.03. The van der Waals surface area contributed by atoms with E-state index >= 15 is 0 Å². The number of ether oxygens (including phenoxy) is 1. The van der Waals surface area contributed by atoms with Crippen molar-refractivity contribution < 1.29 is 9.53 Å². The molecule has 1 aromatic carbocycles. The van der Waals surface area contributed by atoms with Gasteiger partial charge in [-0.25, -0.2) is 0 Å². The Bertz CT molecular complexity index is 541. The third-order valence-corrected chi connectivity index (χ3v) is 2.15. The van der Waals surface area contributed by atoms with Crippen LogP contribution in [0.5, 0.6) is 11.6 Å². The number of Topliss-reactive ketones (excluding diaryl/α,β-unsaturated/α-hetero) is 1. The van der Waals surface area contributed by atoms with E-state index in [-0.39, 0.29) is 5.78 Å². The molecule has 17 heavy (non-hydrogen) atoms. The maximum absolute atomic E-state index is 11.4. The van der Waals surface area contributed by atoms with Gasteiger partial charge in [-0.1, -0.05) is 0 Å². The van der Waals surface area contributed by atoms with Crippen molar-refractivity contribution in [3.05, 3.63) is 42.1 Å². The molecule has 2 aromatic rings. The molecule has 5 heteroatoms. The number of rotatable bonds is 3. The van der Waals surface area contributed by atoms with Gasteiger partial charge in [0, 0.05) is 18.0 Å². The fourth-order valence-corrected chi connectivity index (χ4v) is 1.37. The summed E-state index contributed by atoms with van der Waals surface area (Å²) < 4.78 is 5.48.